The number of pyridine rings is 1. The van der Waals surface area contributed by atoms with Gasteiger partial charge in [0.15, 0.2) is 0 Å². The van der Waals surface area contributed by atoms with Crippen LogP contribution in [0.5, 0.6) is 0 Å². The maximum Gasteiger partial charge on any atom is 0.0705 e. The van der Waals surface area contributed by atoms with Crippen LogP contribution >= 0.6 is 0 Å². The first-order chi connectivity index (χ1) is 10.3. The Morgan fingerprint density at radius 2 is 1.71 bits per heavy atom. The summed E-state index contributed by atoms with van der Waals surface area (Å²) < 4.78 is 0. The number of fused-ring (bicyclic) bond motifs is 1. The smallest absolute Gasteiger partial charge is 0.0705 e. The molecule has 2 heteroatoms. The first-order valence-electron chi connectivity index (χ1n) is 7.49. The van der Waals surface area contributed by atoms with Gasteiger partial charge in [0.05, 0.1) is 5.52 Å². The minimum Gasteiger partial charge on any atom is -0.324 e. The second kappa shape index (κ2) is 4.97. The predicted octanol–water partition coefficient (Wildman–Crippen LogP) is 4.04. The molecular formula is C19H18N2. The molecule has 4 rings (SSSR count). The summed E-state index contributed by atoms with van der Waals surface area (Å²) in [5.41, 5.74) is 10.2. The van der Waals surface area contributed by atoms with Gasteiger partial charge in [-0.2, -0.15) is 0 Å². The second-order valence-corrected chi connectivity index (χ2v) is 5.86. The Morgan fingerprint density at radius 3 is 2.57 bits per heavy atom. The van der Waals surface area contributed by atoms with Crippen LogP contribution in [0.4, 0.5) is 0 Å². The van der Waals surface area contributed by atoms with Crippen molar-refractivity contribution < 1.29 is 0 Å². The van der Waals surface area contributed by atoms with Crippen LogP contribution < -0.4 is 5.73 Å². The molecule has 3 aromatic rings. The van der Waals surface area contributed by atoms with E-state index in [-0.39, 0.29) is 6.04 Å². The fourth-order valence-electron chi connectivity index (χ4n) is 3.33. The molecule has 0 saturated heterocycles. The Balaban J connectivity index is 1.65. The van der Waals surface area contributed by atoms with E-state index in [0.717, 1.165) is 5.52 Å². The molecule has 2 aromatic carbocycles. The van der Waals surface area contributed by atoms with Crippen LogP contribution in [0.15, 0.2) is 66.9 Å². The lowest BCUT2D eigenvalue weighted by Gasteiger charge is -2.14. The Labute approximate surface area is 124 Å². The Kier molecular flexibility index (Phi) is 2.97. The summed E-state index contributed by atoms with van der Waals surface area (Å²) in [5, 5.41) is 1.19. The first kappa shape index (κ1) is 12.5. The van der Waals surface area contributed by atoms with E-state index in [0.29, 0.717) is 11.8 Å². The predicted molar refractivity (Wildman–Crippen MR) is 86.0 cm³/mol. The average Bonchev–Trinajstić information content (AvgIpc) is 3.35. The first-order valence-corrected chi connectivity index (χ1v) is 7.49. The van der Waals surface area contributed by atoms with Gasteiger partial charge in [-0.25, -0.2) is 0 Å². The largest absolute Gasteiger partial charge is 0.324 e. The van der Waals surface area contributed by atoms with Crippen LogP contribution in [0.2, 0.25) is 0 Å². The third-order valence-electron chi connectivity index (χ3n) is 4.57. The van der Waals surface area contributed by atoms with E-state index in [1.807, 2.05) is 18.3 Å². The molecule has 1 aliphatic rings. The quantitative estimate of drug-likeness (QED) is 0.783. The molecule has 21 heavy (non-hydrogen) atoms. The highest BCUT2D eigenvalue weighted by atomic mass is 14.7. The van der Waals surface area contributed by atoms with E-state index in [1.165, 1.54) is 22.9 Å². The van der Waals surface area contributed by atoms with Crippen LogP contribution in [0.1, 0.15) is 29.5 Å². The van der Waals surface area contributed by atoms with Crippen molar-refractivity contribution in [2.45, 2.75) is 18.4 Å². The molecule has 3 atom stereocenters. The molecule has 1 heterocycles. The van der Waals surface area contributed by atoms with Crippen molar-refractivity contribution in [2.24, 2.45) is 11.7 Å². The average molecular weight is 274 g/mol. The maximum atomic E-state index is 6.57. The zero-order chi connectivity index (χ0) is 14.2. The minimum atomic E-state index is 0.0862. The van der Waals surface area contributed by atoms with Gasteiger partial charge in [0.25, 0.3) is 0 Å². The minimum absolute atomic E-state index is 0.0862. The lowest BCUT2D eigenvalue weighted by atomic mass is 9.97. The van der Waals surface area contributed by atoms with Gasteiger partial charge in [-0.1, -0.05) is 48.5 Å². The lowest BCUT2D eigenvalue weighted by molar-refractivity contribution is 0.619. The van der Waals surface area contributed by atoms with Gasteiger partial charge < -0.3 is 5.73 Å². The van der Waals surface area contributed by atoms with E-state index in [4.69, 9.17) is 5.73 Å². The molecule has 104 valence electrons. The van der Waals surface area contributed by atoms with Gasteiger partial charge in [-0.3, -0.25) is 4.98 Å². The Morgan fingerprint density at radius 1 is 0.952 bits per heavy atom. The van der Waals surface area contributed by atoms with E-state index in [1.54, 1.807) is 0 Å². The zero-order valence-corrected chi connectivity index (χ0v) is 11.8. The van der Waals surface area contributed by atoms with Crippen molar-refractivity contribution >= 4 is 10.9 Å². The SMILES string of the molecule is NC(c1ccnc2ccccc12)C1CC1c1ccccc1. The van der Waals surface area contributed by atoms with E-state index >= 15 is 0 Å². The Bertz CT molecular complexity index is 761. The van der Waals surface area contributed by atoms with Gasteiger partial charge in [-0.05, 0) is 41.5 Å². The Hall–Kier alpha value is -2.19. The van der Waals surface area contributed by atoms with E-state index < -0.39 is 0 Å². The molecule has 2 N–H and O–H groups in total. The van der Waals surface area contributed by atoms with Crippen molar-refractivity contribution in [1.82, 2.24) is 4.98 Å². The molecule has 1 aliphatic carbocycles. The number of para-hydroxylation sites is 1. The molecule has 0 aliphatic heterocycles. The summed E-state index contributed by atoms with van der Waals surface area (Å²) in [4.78, 5) is 4.43. The van der Waals surface area contributed by atoms with Crippen LogP contribution in [0.25, 0.3) is 10.9 Å². The van der Waals surface area contributed by atoms with Gasteiger partial charge in [0.1, 0.15) is 0 Å². The van der Waals surface area contributed by atoms with Crippen molar-refractivity contribution in [3.8, 4) is 0 Å². The molecule has 1 aromatic heterocycles. The van der Waals surface area contributed by atoms with Gasteiger partial charge in [0, 0.05) is 17.6 Å². The third-order valence-corrected chi connectivity index (χ3v) is 4.57. The molecule has 1 fully saturated rings. The fraction of sp³-hybridized carbons (Fsp3) is 0.211. The second-order valence-electron chi connectivity index (χ2n) is 5.86. The van der Waals surface area contributed by atoms with Crippen LogP contribution in [-0.2, 0) is 0 Å². The van der Waals surface area contributed by atoms with Crippen molar-refractivity contribution in [1.29, 1.82) is 0 Å². The standard InChI is InChI=1S/C19H18N2/c20-19(17-12-16(17)13-6-2-1-3-7-13)15-10-11-21-18-9-5-4-8-14(15)18/h1-11,16-17,19H,12,20H2. The topological polar surface area (TPSA) is 38.9 Å². The number of benzene rings is 2. The van der Waals surface area contributed by atoms with Gasteiger partial charge in [0.2, 0.25) is 0 Å². The summed E-state index contributed by atoms with van der Waals surface area (Å²) >= 11 is 0. The summed E-state index contributed by atoms with van der Waals surface area (Å²) in [7, 11) is 0. The highest BCUT2D eigenvalue weighted by Crippen LogP contribution is 2.53. The number of hydrogen-bond donors (Lipinski definition) is 1. The normalized spacial score (nSPS) is 22.1. The number of nitrogens with two attached hydrogens (primary N) is 1. The van der Waals surface area contributed by atoms with Crippen LogP contribution in [0.3, 0.4) is 0 Å². The summed E-state index contributed by atoms with van der Waals surface area (Å²) in [6.45, 7) is 0. The van der Waals surface area contributed by atoms with Crippen molar-refractivity contribution in [3.63, 3.8) is 0 Å². The zero-order valence-electron chi connectivity index (χ0n) is 11.8. The maximum absolute atomic E-state index is 6.57. The van der Waals surface area contributed by atoms with E-state index in [9.17, 15) is 0 Å². The molecule has 0 spiro atoms. The highest BCUT2D eigenvalue weighted by Gasteiger charge is 2.43. The van der Waals surface area contributed by atoms with Crippen LogP contribution in [0, 0.1) is 5.92 Å². The van der Waals surface area contributed by atoms with Crippen molar-refractivity contribution in [2.75, 3.05) is 0 Å². The van der Waals surface area contributed by atoms with E-state index in [2.05, 4.69) is 53.5 Å². The fourth-order valence-corrected chi connectivity index (χ4v) is 3.33. The molecule has 0 amide bonds. The van der Waals surface area contributed by atoms with Gasteiger partial charge >= 0.3 is 0 Å². The number of hydrogen-bond acceptors (Lipinski definition) is 2. The van der Waals surface area contributed by atoms with Crippen LogP contribution in [-0.4, -0.2) is 4.98 Å². The molecule has 0 radical (unpaired) electrons. The molecule has 2 nitrogen and oxygen atoms in total. The molecule has 1 saturated carbocycles. The highest BCUT2D eigenvalue weighted by molar-refractivity contribution is 5.82. The third kappa shape index (κ3) is 2.22. The number of rotatable bonds is 3. The summed E-state index contributed by atoms with van der Waals surface area (Å²) in [5.74, 6) is 1.14. The lowest BCUT2D eigenvalue weighted by Crippen LogP contribution is -2.14. The van der Waals surface area contributed by atoms with Crippen molar-refractivity contribution in [3.05, 3.63) is 78.0 Å². The number of aromatic nitrogens is 1. The molecule has 0 bridgehead atoms. The monoisotopic (exact) mass is 274 g/mol. The van der Waals surface area contributed by atoms with Gasteiger partial charge in [-0.15, -0.1) is 0 Å². The summed E-state index contributed by atoms with van der Waals surface area (Å²) in [6, 6.07) is 21.1. The summed E-state index contributed by atoms with van der Waals surface area (Å²) in [6.07, 6.45) is 3.05. The molecule has 3 unspecified atom stereocenters. The molecular weight excluding hydrogens is 256 g/mol. The number of nitrogens with zero attached hydrogens (tertiary/aromatic N) is 1.